The van der Waals surface area contributed by atoms with Crippen molar-refractivity contribution >= 4 is 0 Å². The second-order valence-corrected chi connectivity index (χ2v) is 3.18. The Labute approximate surface area is 78.1 Å². The molecule has 1 unspecified atom stereocenters. The predicted octanol–water partition coefficient (Wildman–Crippen LogP) is 0.687. The van der Waals surface area contributed by atoms with Crippen molar-refractivity contribution in [1.82, 2.24) is 9.97 Å². The quantitative estimate of drug-likeness (QED) is 0.742. The van der Waals surface area contributed by atoms with Crippen LogP contribution in [0.3, 0.4) is 0 Å². The monoisotopic (exact) mass is 181 g/mol. The summed E-state index contributed by atoms with van der Waals surface area (Å²) >= 11 is 0. The number of nitrogens with two attached hydrogens (primary N) is 1. The molecule has 2 N–H and O–H groups in total. The Kier molecular flexibility index (Phi) is 3.33. The minimum absolute atomic E-state index is 0.483. The van der Waals surface area contributed by atoms with Gasteiger partial charge in [-0.2, -0.15) is 0 Å². The summed E-state index contributed by atoms with van der Waals surface area (Å²) < 4.78 is 5.27. The van der Waals surface area contributed by atoms with Crippen molar-refractivity contribution < 1.29 is 4.74 Å². The SMILES string of the molecule is CCOCC(C)(N)c1cncnc1. The van der Waals surface area contributed by atoms with Crippen LogP contribution in [0.5, 0.6) is 0 Å². The van der Waals surface area contributed by atoms with Crippen LogP contribution in [-0.4, -0.2) is 23.2 Å². The highest BCUT2D eigenvalue weighted by atomic mass is 16.5. The number of ether oxygens (including phenoxy) is 1. The molecule has 4 heteroatoms. The average molecular weight is 181 g/mol. The van der Waals surface area contributed by atoms with E-state index in [2.05, 4.69) is 9.97 Å². The fourth-order valence-corrected chi connectivity index (χ4v) is 0.991. The molecular formula is C9H15N3O. The largest absolute Gasteiger partial charge is 0.379 e. The third-order valence-electron chi connectivity index (χ3n) is 1.83. The van der Waals surface area contributed by atoms with E-state index in [0.29, 0.717) is 13.2 Å². The second kappa shape index (κ2) is 4.30. The van der Waals surface area contributed by atoms with E-state index in [-0.39, 0.29) is 0 Å². The molecule has 0 fully saturated rings. The minimum atomic E-state index is -0.503. The summed E-state index contributed by atoms with van der Waals surface area (Å²) in [5.74, 6) is 0. The highest BCUT2D eigenvalue weighted by molar-refractivity contribution is 5.14. The minimum Gasteiger partial charge on any atom is -0.379 e. The van der Waals surface area contributed by atoms with Gasteiger partial charge in [0, 0.05) is 24.6 Å². The zero-order valence-corrected chi connectivity index (χ0v) is 8.03. The van der Waals surface area contributed by atoms with E-state index in [1.54, 1.807) is 12.4 Å². The fourth-order valence-electron chi connectivity index (χ4n) is 0.991. The van der Waals surface area contributed by atoms with Gasteiger partial charge in [0.25, 0.3) is 0 Å². The topological polar surface area (TPSA) is 61.0 Å². The molecule has 0 aromatic carbocycles. The molecule has 0 aliphatic carbocycles. The van der Waals surface area contributed by atoms with E-state index in [0.717, 1.165) is 5.56 Å². The lowest BCUT2D eigenvalue weighted by Gasteiger charge is -2.23. The second-order valence-electron chi connectivity index (χ2n) is 3.18. The van der Waals surface area contributed by atoms with Crippen molar-refractivity contribution in [1.29, 1.82) is 0 Å². The fraction of sp³-hybridized carbons (Fsp3) is 0.556. The van der Waals surface area contributed by atoms with Gasteiger partial charge in [-0.05, 0) is 13.8 Å². The zero-order chi connectivity index (χ0) is 9.73. The van der Waals surface area contributed by atoms with Crippen LogP contribution < -0.4 is 5.73 Å². The van der Waals surface area contributed by atoms with Gasteiger partial charge in [0.2, 0.25) is 0 Å². The molecule has 0 spiro atoms. The van der Waals surface area contributed by atoms with Crippen LogP contribution in [0.2, 0.25) is 0 Å². The number of hydrogen-bond acceptors (Lipinski definition) is 4. The maximum Gasteiger partial charge on any atom is 0.115 e. The molecular weight excluding hydrogens is 166 g/mol. The maximum atomic E-state index is 6.02. The first kappa shape index (κ1) is 10.1. The molecule has 0 saturated carbocycles. The van der Waals surface area contributed by atoms with Crippen molar-refractivity contribution in [2.75, 3.05) is 13.2 Å². The number of nitrogens with zero attached hydrogens (tertiary/aromatic N) is 2. The van der Waals surface area contributed by atoms with Crippen molar-refractivity contribution in [2.24, 2.45) is 5.73 Å². The molecule has 1 atom stereocenters. The maximum absolute atomic E-state index is 6.02. The standard InChI is InChI=1S/C9H15N3O/c1-3-13-6-9(2,10)8-4-11-7-12-5-8/h4-5,7H,3,6,10H2,1-2H3. The van der Waals surface area contributed by atoms with Crippen LogP contribution >= 0.6 is 0 Å². The lowest BCUT2D eigenvalue weighted by molar-refractivity contribution is 0.101. The molecule has 4 nitrogen and oxygen atoms in total. The third kappa shape index (κ3) is 2.75. The van der Waals surface area contributed by atoms with Gasteiger partial charge in [-0.3, -0.25) is 0 Å². The molecule has 1 rings (SSSR count). The van der Waals surface area contributed by atoms with Crippen molar-refractivity contribution in [3.8, 4) is 0 Å². The Bertz CT molecular complexity index is 248. The van der Waals surface area contributed by atoms with E-state index >= 15 is 0 Å². The lowest BCUT2D eigenvalue weighted by Crippen LogP contribution is -2.38. The Morgan fingerprint density at radius 3 is 2.62 bits per heavy atom. The van der Waals surface area contributed by atoms with Gasteiger partial charge in [-0.25, -0.2) is 9.97 Å². The Morgan fingerprint density at radius 1 is 1.46 bits per heavy atom. The van der Waals surface area contributed by atoms with E-state index < -0.39 is 5.54 Å². The molecule has 1 aromatic heterocycles. The normalized spacial score (nSPS) is 15.3. The third-order valence-corrected chi connectivity index (χ3v) is 1.83. The summed E-state index contributed by atoms with van der Waals surface area (Å²) in [7, 11) is 0. The molecule has 0 amide bonds. The molecule has 1 heterocycles. The van der Waals surface area contributed by atoms with Crippen molar-refractivity contribution in [2.45, 2.75) is 19.4 Å². The van der Waals surface area contributed by atoms with E-state index in [1.165, 1.54) is 6.33 Å². The molecule has 0 aliphatic rings. The van der Waals surface area contributed by atoms with Crippen LogP contribution in [0.15, 0.2) is 18.7 Å². The first-order valence-corrected chi connectivity index (χ1v) is 4.29. The van der Waals surface area contributed by atoms with Crippen LogP contribution in [0.25, 0.3) is 0 Å². The van der Waals surface area contributed by atoms with Gasteiger partial charge >= 0.3 is 0 Å². The lowest BCUT2D eigenvalue weighted by atomic mass is 9.97. The molecule has 72 valence electrons. The molecule has 1 aromatic rings. The van der Waals surface area contributed by atoms with Crippen LogP contribution in [0.1, 0.15) is 19.4 Å². The molecule has 0 bridgehead atoms. The van der Waals surface area contributed by atoms with Gasteiger partial charge in [-0.1, -0.05) is 0 Å². The smallest absolute Gasteiger partial charge is 0.115 e. The van der Waals surface area contributed by atoms with E-state index in [9.17, 15) is 0 Å². The highest BCUT2D eigenvalue weighted by Gasteiger charge is 2.21. The highest BCUT2D eigenvalue weighted by Crippen LogP contribution is 2.15. The molecule has 13 heavy (non-hydrogen) atoms. The van der Waals surface area contributed by atoms with Gasteiger partial charge in [0.1, 0.15) is 6.33 Å². The van der Waals surface area contributed by atoms with E-state index in [1.807, 2.05) is 13.8 Å². The van der Waals surface area contributed by atoms with Crippen molar-refractivity contribution in [3.05, 3.63) is 24.3 Å². The summed E-state index contributed by atoms with van der Waals surface area (Å²) in [6, 6.07) is 0. The van der Waals surface area contributed by atoms with Gasteiger partial charge in [0.15, 0.2) is 0 Å². The summed E-state index contributed by atoms with van der Waals surface area (Å²) in [5, 5.41) is 0. The number of aromatic nitrogens is 2. The van der Waals surface area contributed by atoms with Crippen LogP contribution in [0.4, 0.5) is 0 Å². The van der Waals surface area contributed by atoms with Crippen LogP contribution in [0, 0.1) is 0 Å². The summed E-state index contributed by atoms with van der Waals surface area (Å²) in [5.41, 5.74) is 6.41. The Hall–Kier alpha value is -1.00. The first-order valence-electron chi connectivity index (χ1n) is 4.29. The summed E-state index contributed by atoms with van der Waals surface area (Å²) in [6.07, 6.45) is 4.91. The van der Waals surface area contributed by atoms with E-state index in [4.69, 9.17) is 10.5 Å². The van der Waals surface area contributed by atoms with Gasteiger partial charge in [0.05, 0.1) is 12.1 Å². The molecule has 0 radical (unpaired) electrons. The van der Waals surface area contributed by atoms with Crippen molar-refractivity contribution in [3.63, 3.8) is 0 Å². The summed E-state index contributed by atoms with van der Waals surface area (Å²) in [4.78, 5) is 7.82. The van der Waals surface area contributed by atoms with Gasteiger partial charge < -0.3 is 10.5 Å². The zero-order valence-electron chi connectivity index (χ0n) is 8.03. The van der Waals surface area contributed by atoms with Crippen LogP contribution in [-0.2, 0) is 10.3 Å². The van der Waals surface area contributed by atoms with Gasteiger partial charge in [-0.15, -0.1) is 0 Å². The average Bonchev–Trinajstić information content (AvgIpc) is 2.16. The summed E-state index contributed by atoms with van der Waals surface area (Å²) in [6.45, 7) is 5.00. The first-order chi connectivity index (χ1) is 6.17. The molecule has 0 aliphatic heterocycles. The Morgan fingerprint density at radius 2 is 2.08 bits per heavy atom. The number of rotatable bonds is 4. The number of hydrogen-bond donors (Lipinski definition) is 1. The predicted molar refractivity (Wildman–Crippen MR) is 50.1 cm³/mol. The molecule has 0 saturated heterocycles. The Balaban J connectivity index is 2.69.